The molecule has 0 unspecified atom stereocenters. The third kappa shape index (κ3) is 4.13. The molecule has 3 aromatic rings. The summed E-state index contributed by atoms with van der Waals surface area (Å²) in [4.78, 5) is 26.2. The van der Waals surface area contributed by atoms with E-state index in [2.05, 4.69) is 5.32 Å². The number of anilines is 1. The van der Waals surface area contributed by atoms with Gasteiger partial charge in [-0.25, -0.2) is 0 Å². The highest BCUT2D eigenvalue weighted by Crippen LogP contribution is 2.36. The number of nitrogens with one attached hydrogen (secondary N) is 1. The maximum Gasteiger partial charge on any atom is 0.418 e. The van der Waals surface area contributed by atoms with E-state index in [4.69, 9.17) is 11.6 Å². The zero-order valence-corrected chi connectivity index (χ0v) is 16.1. The number of fused-ring (bicyclic) bond motifs is 1. The molecule has 0 fully saturated rings. The molecule has 146 valence electrons. The van der Waals surface area contributed by atoms with Crippen LogP contribution in [-0.2, 0) is 11.0 Å². The molecule has 1 heterocycles. The van der Waals surface area contributed by atoms with Crippen molar-refractivity contribution in [3.05, 3.63) is 64.0 Å². The van der Waals surface area contributed by atoms with Crippen LogP contribution in [0.15, 0.2) is 48.5 Å². The molecule has 0 aliphatic heterocycles. The number of rotatable bonds is 4. The highest BCUT2D eigenvalue weighted by Gasteiger charge is 2.33. The lowest BCUT2D eigenvalue weighted by atomic mass is 10.1. The molecule has 1 aromatic heterocycles. The molecule has 28 heavy (non-hydrogen) atoms. The van der Waals surface area contributed by atoms with Gasteiger partial charge >= 0.3 is 6.18 Å². The lowest BCUT2D eigenvalue weighted by Crippen LogP contribution is -2.35. The number of hydrogen-bond donors (Lipinski definition) is 1. The molecule has 4 nitrogen and oxygen atoms in total. The molecule has 0 radical (unpaired) electrons. The second-order valence-electron chi connectivity index (χ2n) is 5.99. The average Bonchev–Trinajstić information content (AvgIpc) is 2.97. The Hall–Kier alpha value is -2.58. The molecule has 0 aliphatic carbocycles. The van der Waals surface area contributed by atoms with Crippen molar-refractivity contribution in [1.29, 1.82) is 0 Å². The van der Waals surface area contributed by atoms with Gasteiger partial charge in [-0.15, -0.1) is 11.3 Å². The molecule has 1 N–H and O–H groups in total. The Kier molecular flexibility index (Phi) is 5.62. The van der Waals surface area contributed by atoms with E-state index in [0.29, 0.717) is 5.02 Å². The number of para-hydroxylation sites is 1. The Morgan fingerprint density at radius 3 is 2.43 bits per heavy atom. The molecular weight excluding hydrogens is 413 g/mol. The van der Waals surface area contributed by atoms with Gasteiger partial charge in [-0.3, -0.25) is 9.59 Å². The number of halogens is 4. The van der Waals surface area contributed by atoms with Crippen LogP contribution in [0.25, 0.3) is 10.1 Å². The van der Waals surface area contributed by atoms with Crippen molar-refractivity contribution in [3.8, 4) is 0 Å². The Morgan fingerprint density at radius 2 is 1.75 bits per heavy atom. The van der Waals surface area contributed by atoms with Crippen LogP contribution in [0.5, 0.6) is 0 Å². The first kappa shape index (κ1) is 20.2. The standard InChI is InChI=1S/C19H14ClF3N2O2S/c1-25(18(27)17-16(20)11-6-2-5-9-14(11)28-17)10-15(26)24-13-8-4-3-7-12(13)19(21,22)23/h2-9H,10H2,1H3,(H,24,26). The number of carbonyl (C=O) groups excluding carboxylic acids is 2. The molecule has 2 amide bonds. The van der Waals surface area contributed by atoms with Crippen molar-refractivity contribution < 1.29 is 22.8 Å². The second-order valence-corrected chi connectivity index (χ2v) is 7.42. The van der Waals surface area contributed by atoms with E-state index in [9.17, 15) is 22.8 Å². The largest absolute Gasteiger partial charge is 0.418 e. The van der Waals surface area contributed by atoms with Gasteiger partial charge in [-0.05, 0) is 18.2 Å². The van der Waals surface area contributed by atoms with Crippen LogP contribution in [0.1, 0.15) is 15.2 Å². The first-order valence-corrected chi connectivity index (χ1v) is 9.26. The molecule has 2 aromatic carbocycles. The lowest BCUT2D eigenvalue weighted by Gasteiger charge is -2.18. The van der Waals surface area contributed by atoms with E-state index < -0.39 is 30.1 Å². The SMILES string of the molecule is CN(CC(=O)Nc1ccccc1C(F)(F)F)C(=O)c1sc2ccccc2c1Cl. The maximum atomic E-state index is 13.0. The van der Waals surface area contributed by atoms with Crippen LogP contribution in [0.4, 0.5) is 18.9 Å². The highest BCUT2D eigenvalue weighted by molar-refractivity contribution is 7.21. The summed E-state index contributed by atoms with van der Waals surface area (Å²) in [6.45, 7) is -0.421. The zero-order valence-electron chi connectivity index (χ0n) is 14.5. The molecule has 0 saturated carbocycles. The predicted molar refractivity (Wildman–Crippen MR) is 104 cm³/mol. The molecular formula is C19H14ClF3N2O2S. The Labute approximate surface area is 167 Å². The molecule has 0 atom stereocenters. The molecule has 0 spiro atoms. The van der Waals surface area contributed by atoms with Crippen molar-refractivity contribution in [2.45, 2.75) is 6.18 Å². The van der Waals surface area contributed by atoms with E-state index in [1.165, 1.54) is 30.5 Å². The van der Waals surface area contributed by atoms with E-state index in [0.717, 1.165) is 27.1 Å². The van der Waals surface area contributed by atoms with Gasteiger partial charge in [0.25, 0.3) is 5.91 Å². The fourth-order valence-corrected chi connectivity index (χ4v) is 4.15. The summed E-state index contributed by atoms with van der Waals surface area (Å²) in [6, 6.07) is 11.9. The second kappa shape index (κ2) is 7.81. The van der Waals surface area contributed by atoms with Crippen LogP contribution in [0.2, 0.25) is 5.02 Å². The van der Waals surface area contributed by atoms with E-state index in [1.807, 2.05) is 12.1 Å². The van der Waals surface area contributed by atoms with Gasteiger partial charge in [0.1, 0.15) is 4.88 Å². The monoisotopic (exact) mass is 426 g/mol. The first-order valence-electron chi connectivity index (χ1n) is 8.07. The average molecular weight is 427 g/mol. The molecule has 0 aliphatic rings. The van der Waals surface area contributed by atoms with Crippen molar-refractivity contribution in [3.63, 3.8) is 0 Å². The predicted octanol–water partition coefficient (Wildman–Crippen LogP) is 5.28. The molecule has 0 saturated heterocycles. The summed E-state index contributed by atoms with van der Waals surface area (Å²) in [6.07, 6.45) is -4.60. The molecule has 0 bridgehead atoms. The number of carbonyl (C=O) groups is 2. The Morgan fingerprint density at radius 1 is 1.11 bits per heavy atom. The topological polar surface area (TPSA) is 49.4 Å². The third-order valence-corrected chi connectivity index (χ3v) is 5.63. The summed E-state index contributed by atoms with van der Waals surface area (Å²) in [5.74, 6) is -1.23. The Bertz CT molecular complexity index is 1050. The molecule has 9 heteroatoms. The number of alkyl halides is 3. The molecule has 3 rings (SSSR count). The Balaban J connectivity index is 1.74. The first-order chi connectivity index (χ1) is 13.2. The van der Waals surface area contributed by atoms with Crippen molar-refractivity contribution in [1.82, 2.24) is 4.90 Å². The van der Waals surface area contributed by atoms with Crippen LogP contribution < -0.4 is 5.32 Å². The summed E-state index contributed by atoms with van der Waals surface area (Å²) in [5, 5.41) is 3.24. The number of likely N-dealkylation sites (N-methyl/N-ethyl adjacent to an activating group) is 1. The summed E-state index contributed by atoms with van der Waals surface area (Å²) >= 11 is 7.46. The van der Waals surface area contributed by atoms with Gasteiger partial charge in [0, 0.05) is 17.1 Å². The van der Waals surface area contributed by atoms with Crippen LogP contribution in [0, 0.1) is 0 Å². The smallest absolute Gasteiger partial charge is 0.332 e. The summed E-state index contributed by atoms with van der Waals surface area (Å²) < 4.78 is 39.9. The van der Waals surface area contributed by atoms with E-state index >= 15 is 0 Å². The highest BCUT2D eigenvalue weighted by atomic mass is 35.5. The number of benzene rings is 2. The minimum Gasteiger partial charge on any atom is -0.332 e. The van der Waals surface area contributed by atoms with Gasteiger partial charge in [0.2, 0.25) is 5.91 Å². The van der Waals surface area contributed by atoms with Gasteiger partial charge in [-0.2, -0.15) is 13.2 Å². The number of hydrogen-bond acceptors (Lipinski definition) is 3. The lowest BCUT2D eigenvalue weighted by molar-refractivity contribution is -0.137. The summed E-state index contributed by atoms with van der Waals surface area (Å²) in [5.41, 5.74) is -1.31. The maximum absolute atomic E-state index is 13.0. The van der Waals surface area contributed by atoms with Crippen LogP contribution >= 0.6 is 22.9 Å². The summed E-state index contributed by atoms with van der Waals surface area (Å²) in [7, 11) is 1.39. The van der Waals surface area contributed by atoms with Crippen molar-refractivity contribution in [2.24, 2.45) is 0 Å². The fraction of sp³-hybridized carbons (Fsp3) is 0.158. The van der Waals surface area contributed by atoms with Crippen molar-refractivity contribution in [2.75, 3.05) is 18.9 Å². The van der Waals surface area contributed by atoms with Gasteiger partial charge in [0.15, 0.2) is 0 Å². The van der Waals surface area contributed by atoms with E-state index in [-0.39, 0.29) is 10.6 Å². The van der Waals surface area contributed by atoms with Gasteiger partial charge < -0.3 is 10.2 Å². The number of nitrogens with zero attached hydrogens (tertiary/aromatic N) is 1. The fourth-order valence-electron chi connectivity index (χ4n) is 2.64. The van der Waals surface area contributed by atoms with Crippen LogP contribution in [-0.4, -0.2) is 30.3 Å². The van der Waals surface area contributed by atoms with Crippen molar-refractivity contribution >= 4 is 50.5 Å². The van der Waals surface area contributed by atoms with Crippen LogP contribution in [0.3, 0.4) is 0 Å². The third-order valence-electron chi connectivity index (χ3n) is 3.96. The number of thiophene rings is 1. The normalized spacial score (nSPS) is 11.5. The minimum absolute atomic E-state index is 0.272. The van der Waals surface area contributed by atoms with Gasteiger partial charge in [0.05, 0.1) is 22.8 Å². The quantitative estimate of drug-likeness (QED) is 0.616. The van der Waals surface area contributed by atoms with E-state index in [1.54, 1.807) is 12.1 Å². The zero-order chi connectivity index (χ0) is 20.5. The van der Waals surface area contributed by atoms with Gasteiger partial charge in [-0.1, -0.05) is 41.9 Å². The minimum atomic E-state index is -4.60. The number of amides is 2.